The summed E-state index contributed by atoms with van der Waals surface area (Å²) >= 11 is 0. The lowest BCUT2D eigenvalue weighted by Crippen LogP contribution is -2.54. The Kier molecular flexibility index (Phi) is 4.47. The van der Waals surface area contributed by atoms with Crippen molar-refractivity contribution in [2.45, 2.75) is 31.9 Å². The summed E-state index contributed by atoms with van der Waals surface area (Å²) in [7, 11) is 0. The predicted molar refractivity (Wildman–Crippen MR) is 79.8 cm³/mol. The summed E-state index contributed by atoms with van der Waals surface area (Å²) in [5.41, 5.74) is 0.230. The Morgan fingerprint density at radius 3 is 3.04 bits per heavy atom. The van der Waals surface area contributed by atoms with Crippen LogP contribution < -0.4 is 10.2 Å². The van der Waals surface area contributed by atoms with Gasteiger partial charge in [0.15, 0.2) is 0 Å². The van der Waals surface area contributed by atoms with E-state index in [1.807, 2.05) is 11.8 Å². The Morgan fingerprint density at radius 1 is 1.52 bits per heavy atom. The fourth-order valence-electron chi connectivity index (χ4n) is 2.46. The Labute approximate surface area is 132 Å². The second kappa shape index (κ2) is 6.69. The molecule has 9 heteroatoms. The van der Waals surface area contributed by atoms with Crippen molar-refractivity contribution in [1.29, 1.82) is 0 Å². The largest absolute Gasteiger partial charge is 0.389 e. The number of aromatic nitrogens is 4. The molecule has 2 atom stereocenters. The molecule has 1 saturated heterocycles. The summed E-state index contributed by atoms with van der Waals surface area (Å²) in [6.07, 6.45) is 4.86. The Bertz CT molecular complexity index is 662. The van der Waals surface area contributed by atoms with Crippen molar-refractivity contribution >= 4 is 11.9 Å². The number of amides is 1. The lowest BCUT2D eigenvalue weighted by atomic mass is 10.0. The first-order chi connectivity index (χ1) is 11.2. The van der Waals surface area contributed by atoms with Gasteiger partial charge < -0.3 is 19.8 Å². The second-order valence-electron chi connectivity index (χ2n) is 5.31. The first-order valence-electron chi connectivity index (χ1n) is 7.50. The van der Waals surface area contributed by atoms with E-state index in [1.54, 1.807) is 0 Å². The van der Waals surface area contributed by atoms with E-state index in [4.69, 9.17) is 4.52 Å². The number of rotatable bonds is 4. The maximum Gasteiger partial charge on any atom is 0.271 e. The Balaban J connectivity index is 1.59. The van der Waals surface area contributed by atoms with Gasteiger partial charge in [0.05, 0.1) is 18.3 Å². The first kappa shape index (κ1) is 15.3. The molecule has 0 aromatic carbocycles. The number of aliphatic hydroxyl groups is 1. The van der Waals surface area contributed by atoms with Gasteiger partial charge in [0.2, 0.25) is 5.89 Å². The number of aliphatic hydroxyl groups excluding tert-OH is 1. The zero-order valence-electron chi connectivity index (χ0n) is 12.7. The molecule has 0 spiro atoms. The summed E-state index contributed by atoms with van der Waals surface area (Å²) in [4.78, 5) is 26.0. The molecule has 0 saturated carbocycles. The molecular formula is C14H18N6O3. The van der Waals surface area contributed by atoms with Gasteiger partial charge in [-0.05, 0) is 11.6 Å². The van der Waals surface area contributed by atoms with E-state index in [-0.39, 0.29) is 17.6 Å². The van der Waals surface area contributed by atoms with Crippen LogP contribution in [0.5, 0.6) is 0 Å². The number of piperidine rings is 1. The van der Waals surface area contributed by atoms with Gasteiger partial charge in [-0.2, -0.15) is 4.98 Å². The van der Waals surface area contributed by atoms with Crippen molar-refractivity contribution < 1.29 is 14.4 Å². The molecule has 1 fully saturated rings. The van der Waals surface area contributed by atoms with Crippen LogP contribution in [0.4, 0.5) is 5.95 Å². The smallest absolute Gasteiger partial charge is 0.271 e. The van der Waals surface area contributed by atoms with Crippen molar-refractivity contribution in [1.82, 2.24) is 25.4 Å². The average molecular weight is 318 g/mol. The summed E-state index contributed by atoms with van der Waals surface area (Å²) in [6, 6.07) is -0.349. The molecule has 3 rings (SSSR count). The Hall–Kier alpha value is -2.55. The minimum atomic E-state index is -0.729. The molecule has 1 aliphatic rings. The summed E-state index contributed by atoms with van der Waals surface area (Å²) in [5.74, 6) is 0.690. The van der Waals surface area contributed by atoms with Crippen LogP contribution in [0, 0.1) is 0 Å². The number of hydrogen-bond acceptors (Lipinski definition) is 8. The van der Waals surface area contributed by atoms with Gasteiger partial charge in [-0.25, -0.2) is 4.98 Å². The second-order valence-corrected chi connectivity index (χ2v) is 5.31. The highest BCUT2D eigenvalue weighted by molar-refractivity contribution is 5.92. The number of hydrogen-bond donors (Lipinski definition) is 2. The number of β-amino-alcohol motifs (C(OH)–C–C–N with tert-alkyl or cyclic N) is 1. The zero-order valence-corrected chi connectivity index (χ0v) is 12.7. The van der Waals surface area contributed by atoms with Crippen molar-refractivity contribution in [2.24, 2.45) is 0 Å². The molecule has 122 valence electrons. The fourth-order valence-corrected chi connectivity index (χ4v) is 2.46. The van der Waals surface area contributed by atoms with E-state index in [2.05, 4.69) is 25.4 Å². The molecule has 1 aliphatic heterocycles. The molecule has 0 bridgehead atoms. The monoisotopic (exact) mass is 318 g/mol. The minimum Gasteiger partial charge on any atom is -0.389 e. The highest BCUT2D eigenvalue weighted by Gasteiger charge is 2.31. The van der Waals surface area contributed by atoms with Gasteiger partial charge in [0.25, 0.3) is 11.9 Å². The predicted octanol–water partition coefficient (Wildman–Crippen LogP) is -0.208. The van der Waals surface area contributed by atoms with Crippen LogP contribution in [0.1, 0.15) is 29.7 Å². The van der Waals surface area contributed by atoms with Gasteiger partial charge in [-0.3, -0.25) is 9.78 Å². The van der Waals surface area contributed by atoms with Gasteiger partial charge in [-0.15, -0.1) is 0 Å². The SMILES string of the molecule is CCc1nc(N2CC[C@H](NC(=O)c3cnccn3)[C@@H](O)C2)no1. The van der Waals surface area contributed by atoms with Crippen molar-refractivity contribution in [3.05, 3.63) is 30.2 Å². The highest BCUT2D eigenvalue weighted by atomic mass is 16.5. The lowest BCUT2D eigenvalue weighted by Gasteiger charge is -2.35. The molecule has 0 unspecified atom stereocenters. The van der Waals surface area contributed by atoms with Crippen molar-refractivity contribution in [3.8, 4) is 0 Å². The third kappa shape index (κ3) is 3.45. The Morgan fingerprint density at radius 2 is 2.39 bits per heavy atom. The standard InChI is InChI=1S/C14H18N6O3/c1-2-12-18-14(19-23-12)20-6-3-9(11(21)8-20)17-13(22)10-7-15-4-5-16-10/h4-5,7,9,11,21H,2-3,6,8H2,1H3,(H,17,22)/t9-,11-/m0/s1. The lowest BCUT2D eigenvalue weighted by molar-refractivity contribution is 0.0792. The van der Waals surface area contributed by atoms with Gasteiger partial charge in [0.1, 0.15) is 5.69 Å². The van der Waals surface area contributed by atoms with Crippen LogP contribution in [-0.4, -0.2) is 56.4 Å². The van der Waals surface area contributed by atoms with E-state index >= 15 is 0 Å². The van der Waals surface area contributed by atoms with E-state index in [0.717, 1.165) is 0 Å². The van der Waals surface area contributed by atoms with Crippen molar-refractivity contribution in [2.75, 3.05) is 18.0 Å². The molecule has 23 heavy (non-hydrogen) atoms. The highest BCUT2D eigenvalue weighted by Crippen LogP contribution is 2.18. The van der Waals surface area contributed by atoms with Crippen LogP contribution in [0.3, 0.4) is 0 Å². The van der Waals surface area contributed by atoms with Gasteiger partial charge in [0, 0.05) is 31.9 Å². The van der Waals surface area contributed by atoms with Crippen LogP contribution in [0.2, 0.25) is 0 Å². The van der Waals surface area contributed by atoms with Crippen LogP contribution in [-0.2, 0) is 6.42 Å². The molecule has 2 aromatic heterocycles. The number of aryl methyl sites for hydroxylation is 1. The summed E-state index contributed by atoms with van der Waals surface area (Å²) < 4.78 is 5.08. The third-order valence-corrected chi connectivity index (χ3v) is 3.74. The summed E-state index contributed by atoms with van der Waals surface area (Å²) in [5, 5.41) is 17.0. The van der Waals surface area contributed by atoms with E-state index in [1.165, 1.54) is 18.6 Å². The molecular weight excluding hydrogens is 300 g/mol. The van der Waals surface area contributed by atoms with E-state index in [0.29, 0.717) is 37.8 Å². The third-order valence-electron chi connectivity index (χ3n) is 3.74. The maximum absolute atomic E-state index is 12.1. The van der Waals surface area contributed by atoms with Crippen LogP contribution in [0.25, 0.3) is 0 Å². The topological polar surface area (TPSA) is 117 Å². The number of anilines is 1. The number of carbonyl (C=O) groups excluding carboxylic acids is 1. The van der Waals surface area contributed by atoms with Crippen LogP contribution >= 0.6 is 0 Å². The van der Waals surface area contributed by atoms with Crippen LogP contribution in [0.15, 0.2) is 23.1 Å². The number of nitrogens with zero attached hydrogens (tertiary/aromatic N) is 5. The molecule has 3 heterocycles. The minimum absolute atomic E-state index is 0.230. The van der Waals surface area contributed by atoms with Gasteiger partial charge in [-0.1, -0.05) is 6.92 Å². The maximum atomic E-state index is 12.1. The molecule has 9 nitrogen and oxygen atoms in total. The average Bonchev–Trinajstić information content (AvgIpc) is 3.06. The molecule has 0 radical (unpaired) electrons. The molecule has 2 aromatic rings. The van der Waals surface area contributed by atoms with E-state index in [9.17, 15) is 9.90 Å². The van der Waals surface area contributed by atoms with E-state index < -0.39 is 6.10 Å². The normalized spacial score (nSPS) is 21.2. The number of nitrogens with one attached hydrogen (secondary N) is 1. The van der Waals surface area contributed by atoms with Gasteiger partial charge >= 0.3 is 0 Å². The molecule has 2 N–H and O–H groups in total. The quantitative estimate of drug-likeness (QED) is 0.795. The molecule has 1 amide bonds. The summed E-state index contributed by atoms with van der Waals surface area (Å²) in [6.45, 7) is 2.87. The first-order valence-corrected chi connectivity index (χ1v) is 7.50. The number of carbonyl (C=O) groups is 1. The molecule has 0 aliphatic carbocycles. The van der Waals surface area contributed by atoms with Crippen molar-refractivity contribution in [3.63, 3.8) is 0 Å². The fraction of sp³-hybridized carbons (Fsp3) is 0.500. The zero-order chi connectivity index (χ0) is 16.2.